The lowest BCUT2D eigenvalue weighted by Crippen LogP contribution is -1.90. The third-order valence-corrected chi connectivity index (χ3v) is 4.72. The van der Waals surface area contributed by atoms with E-state index < -0.39 is 0 Å². The standard InChI is InChI=1S/C24H16N2/c1-3-7-17(8-4-1)20-15-16-25-24-21(20)13-11-19-12-14-22(26-23(19)24)18-9-5-2-6-10-18/h1-16H. The van der Waals surface area contributed by atoms with Crippen LogP contribution in [0.2, 0.25) is 0 Å². The van der Waals surface area contributed by atoms with Gasteiger partial charge < -0.3 is 0 Å². The monoisotopic (exact) mass is 332 g/mol. The predicted octanol–water partition coefficient (Wildman–Crippen LogP) is 6.12. The molecule has 0 unspecified atom stereocenters. The molecule has 122 valence electrons. The summed E-state index contributed by atoms with van der Waals surface area (Å²) < 4.78 is 0. The number of pyridine rings is 2. The molecule has 0 fully saturated rings. The Kier molecular flexibility index (Phi) is 3.46. The van der Waals surface area contributed by atoms with Gasteiger partial charge in [-0.05, 0) is 23.3 Å². The molecule has 0 aliphatic rings. The van der Waals surface area contributed by atoms with Crippen LogP contribution in [0.1, 0.15) is 0 Å². The molecule has 0 saturated heterocycles. The Labute approximate surface area is 151 Å². The highest BCUT2D eigenvalue weighted by molar-refractivity contribution is 6.08. The number of rotatable bonds is 2. The van der Waals surface area contributed by atoms with Gasteiger partial charge in [0.2, 0.25) is 0 Å². The van der Waals surface area contributed by atoms with E-state index in [-0.39, 0.29) is 0 Å². The van der Waals surface area contributed by atoms with E-state index in [0.717, 1.165) is 33.1 Å². The first kappa shape index (κ1) is 14.8. The lowest BCUT2D eigenvalue weighted by molar-refractivity contribution is 1.37. The van der Waals surface area contributed by atoms with E-state index in [0.29, 0.717) is 0 Å². The summed E-state index contributed by atoms with van der Waals surface area (Å²) in [5.74, 6) is 0. The third kappa shape index (κ3) is 2.44. The Morgan fingerprint density at radius 1 is 0.538 bits per heavy atom. The van der Waals surface area contributed by atoms with Gasteiger partial charge in [-0.15, -0.1) is 0 Å². The fourth-order valence-corrected chi connectivity index (χ4v) is 3.44. The fourth-order valence-electron chi connectivity index (χ4n) is 3.44. The second kappa shape index (κ2) is 6.08. The molecule has 0 atom stereocenters. The van der Waals surface area contributed by atoms with Gasteiger partial charge in [0, 0.05) is 22.5 Å². The minimum Gasteiger partial charge on any atom is -0.254 e. The SMILES string of the molecule is c1ccc(-c2ccc3ccc4c(-c5ccccc5)ccnc4c3n2)cc1. The maximum atomic E-state index is 4.95. The normalized spacial score (nSPS) is 11.1. The van der Waals surface area contributed by atoms with Crippen molar-refractivity contribution >= 4 is 21.8 Å². The van der Waals surface area contributed by atoms with Gasteiger partial charge >= 0.3 is 0 Å². The molecule has 2 aromatic heterocycles. The van der Waals surface area contributed by atoms with E-state index in [1.54, 1.807) is 0 Å². The van der Waals surface area contributed by atoms with Gasteiger partial charge in [0.25, 0.3) is 0 Å². The first-order chi connectivity index (χ1) is 12.9. The number of nitrogens with zero attached hydrogens (tertiary/aromatic N) is 2. The predicted molar refractivity (Wildman–Crippen MR) is 108 cm³/mol. The first-order valence-corrected chi connectivity index (χ1v) is 8.69. The van der Waals surface area contributed by atoms with Gasteiger partial charge in [0.1, 0.15) is 0 Å². The number of fused-ring (bicyclic) bond motifs is 3. The van der Waals surface area contributed by atoms with E-state index in [1.807, 2.05) is 30.5 Å². The Hall–Kier alpha value is -3.52. The van der Waals surface area contributed by atoms with Crippen LogP contribution in [-0.4, -0.2) is 9.97 Å². The topological polar surface area (TPSA) is 25.8 Å². The van der Waals surface area contributed by atoms with Crippen molar-refractivity contribution in [1.29, 1.82) is 0 Å². The van der Waals surface area contributed by atoms with Gasteiger partial charge in [0.15, 0.2) is 0 Å². The molecule has 3 aromatic carbocycles. The molecule has 5 aromatic rings. The third-order valence-electron chi connectivity index (χ3n) is 4.72. The first-order valence-electron chi connectivity index (χ1n) is 8.69. The van der Waals surface area contributed by atoms with E-state index in [1.165, 1.54) is 11.1 Å². The Balaban J connectivity index is 1.79. The van der Waals surface area contributed by atoms with Crippen molar-refractivity contribution in [2.45, 2.75) is 0 Å². The average Bonchev–Trinajstić information content (AvgIpc) is 2.74. The molecular weight excluding hydrogens is 316 g/mol. The Morgan fingerprint density at radius 3 is 2.00 bits per heavy atom. The van der Waals surface area contributed by atoms with Crippen molar-refractivity contribution in [2.24, 2.45) is 0 Å². The zero-order valence-electron chi connectivity index (χ0n) is 14.1. The molecule has 0 N–H and O–H groups in total. The maximum Gasteiger partial charge on any atom is 0.0972 e. The zero-order chi connectivity index (χ0) is 17.3. The van der Waals surface area contributed by atoms with Crippen LogP contribution in [0.3, 0.4) is 0 Å². The highest BCUT2D eigenvalue weighted by Crippen LogP contribution is 2.32. The molecule has 0 aliphatic carbocycles. The number of hydrogen-bond acceptors (Lipinski definition) is 2. The van der Waals surface area contributed by atoms with Crippen LogP contribution in [0.4, 0.5) is 0 Å². The van der Waals surface area contributed by atoms with E-state index >= 15 is 0 Å². The summed E-state index contributed by atoms with van der Waals surface area (Å²) in [6.45, 7) is 0. The molecule has 0 saturated carbocycles. The van der Waals surface area contributed by atoms with Crippen LogP contribution in [-0.2, 0) is 0 Å². The smallest absolute Gasteiger partial charge is 0.0972 e. The van der Waals surface area contributed by atoms with Crippen LogP contribution < -0.4 is 0 Å². The summed E-state index contributed by atoms with van der Waals surface area (Å²) in [6, 6.07) is 31.3. The second-order valence-corrected chi connectivity index (χ2v) is 6.32. The van der Waals surface area contributed by atoms with Crippen molar-refractivity contribution in [3.05, 3.63) is 97.2 Å². The van der Waals surface area contributed by atoms with Crippen molar-refractivity contribution in [3.63, 3.8) is 0 Å². The van der Waals surface area contributed by atoms with E-state index in [2.05, 4.69) is 71.7 Å². The Morgan fingerprint density at radius 2 is 1.23 bits per heavy atom. The number of hydrogen-bond donors (Lipinski definition) is 0. The quantitative estimate of drug-likeness (QED) is 0.364. The van der Waals surface area contributed by atoms with Crippen molar-refractivity contribution in [1.82, 2.24) is 9.97 Å². The molecule has 2 heterocycles. The Bertz CT molecular complexity index is 1210. The molecule has 0 amide bonds. The summed E-state index contributed by atoms with van der Waals surface area (Å²) in [4.78, 5) is 9.61. The lowest BCUT2D eigenvalue weighted by Gasteiger charge is -2.09. The average molecular weight is 332 g/mol. The van der Waals surface area contributed by atoms with Gasteiger partial charge in [-0.25, -0.2) is 4.98 Å². The van der Waals surface area contributed by atoms with E-state index in [4.69, 9.17) is 4.98 Å². The van der Waals surface area contributed by atoms with E-state index in [9.17, 15) is 0 Å². The molecule has 26 heavy (non-hydrogen) atoms. The summed E-state index contributed by atoms with van der Waals surface area (Å²) in [5.41, 5.74) is 6.36. The molecule has 0 bridgehead atoms. The summed E-state index contributed by atoms with van der Waals surface area (Å²) >= 11 is 0. The van der Waals surface area contributed by atoms with Crippen LogP contribution in [0.15, 0.2) is 97.2 Å². The highest BCUT2D eigenvalue weighted by Gasteiger charge is 2.10. The van der Waals surface area contributed by atoms with Crippen molar-refractivity contribution in [2.75, 3.05) is 0 Å². The summed E-state index contributed by atoms with van der Waals surface area (Å²) in [6.07, 6.45) is 1.88. The highest BCUT2D eigenvalue weighted by atomic mass is 14.8. The molecule has 2 nitrogen and oxygen atoms in total. The molecule has 0 aliphatic heterocycles. The van der Waals surface area contributed by atoms with Crippen molar-refractivity contribution < 1.29 is 0 Å². The molecule has 5 rings (SSSR count). The minimum atomic E-state index is 0.946. The zero-order valence-corrected chi connectivity index (χ0v) is 14.1. The number of aromatic nitrogens is 2. The largest absolute Gasteiger partial charge is 0.254 e. The molecule has 0 spiro atoms. The maximum absolute atomic E-state index is 4.95. The van der Waals surface area contributed by atoms with Gasteiger partial charge in [-0.1, -0.05) is 78.9 Å². The van der Waals surface area contributed by atoms with Crippen molar-refractivity contribution in [3.8, 4) is 22.4 Å². The summed E-state index contributed by atoms with van der Waals surface area (Å²) in [5, 5.41) is 2.24. The van der Waals surface area contributed by atoms with Gasteiger partial charge in [0.05, 0.1) is 16.7 Å². The van der Waals surface area contributed by atoms with Crippen LogP contribution in [0, 0.1) is 0 Å². The van der Waals surface area contributed by atoms with Crippen LogP contribution in [0.25, 0.3) is 44.2 Å². The van der Waals surface area contributed by atoms with Gasteiger partial charge in [-0.2, -0.15) is 0 Å². The summed E-state index contributed by atoms with van der Waals surface area (Å²) in [7, 11) is 0. The molecule has 2 heteroatoms. The fraction of sp³-hybridized carbons (Fsp3) is 0. The van der Waals surface area contributed by atoms with Crippen LogP contribution in [0.5, 0.6) is 0 Å². The lowest BCUT2D eigenvalue weighted by atomic mass is 9.99. The second-order valence-electron chi connectivity index (χ2n) is 6.32. The van der Waals surface area contributed by atoms with Crippen LogP contribution >= 0.6 is 0 Å². The van der Waals surface area contributed by atoms with Gasteiger partial charge in [-0.3, -0.25) is 4.98 Å². The molecule has 0 radical (unpaired) electrons. The molecular formula is C24H16N2. The minimum absolute atomic E-state index is 0.946. The number of benzene rings is 3.